The van der Waals surface area contributed by atoms with Gasteiger partial charge in [-0.3, -0.25) is 4.79 Å². The van der Waals surface area contributed by atoms with E-state index in [-0.39, 0.29) is 11.2 Å². The number of carbonyl (C=O) groups is 1. The highest BCUT2D eigenvalue weighted by molar-refractivity contribution is 6.63. The summed E-state index contributed by atoms with van der Waals surface area (Å²) in [7, 11) is 0. The van der Waals surface area contributed by atoms with Crippen molar-refractivity contribution in [3.63, 3.8) is 0 Å². The molecule has 88 valence electrons. The van der Waals surface area contributed by atoms with E-state index in [9.17, 15) is 4.79 Å². The van der Waals surface area contributed by atoms with Crippen molar-refractivity contribution in [2.45, 2.75) is 58.8 Å². The van der Waals surface area contributed by atoms with Crippen molar-refractivity contribution in [1.29, 1.82) is 0 Å². The maximum Gasteiger partial charge on any atom is 0.224 e. The Morgan fingerprint density at radius 1 is 1.27 bits per heavy atom. The second kappa shape index (κ2) is 6.52. The van der Waals surface area contributed by atoms with Crippen molar-refractivity contribution < 1.29 is 4.79 Å². The van der Waals surface area contributed by atoms with Crippen LogP contribution >= 0.6 is 11.6 Å². The first-order valence-electron chi connectivity index (χ1n) is 6.29. The highest BCUT2D eigenvalue weighted by atomic mass is 35.5. The van der Waals surface area contributed by atoms with Gasteiger partial charge in [0, 0.05) is 5.92 Å². The average Bonchev–Trinajstić information content (AvgIpc) is 2.18. The average molecular weight is 231 g/mol. The summed E-state index contributed by atoms with van der Waals surface area (Å²) in [6.07, 6.45) is 8.50. The minimum Gasteiger partial charge on any atom is -0.281 e. The van der Waals surface area contributed by atoms with Crippen LogP contribution in [-0.4, -0.2) is 5.24 Å². The Morgan fingerprint density at radius 3 is 2.33 bits per heavy atom. The number of hydrogen-bond donors (Lipinski definition) is 0. The Bertz CT molecular complexity index is 193. The van der Waals surface area contributed by atoms with Crippen LogP contribution in [0.3, 0.4) is 0 Å². The molecule has 0 aromatic heterocycles. The summed E-state index contributed by atoms with van der Waals surface area (Å²) in [5.41, 5.74) is 0. The zero-order valence-electron chi connectivity index (χ0n) is 9.97. The fourth-order valence-electron chi connectivity index (χ4n) is 2.49. The summed E-state index contributed by atoms with van der Waals surface area (Å²) in [6, 6.07) is 0. The molecule has 2 heteroatoms. The number of halogens is 1. The molecule has 0 unspecified atom stereocenters. The molecule has 0 aromatic rings. The lowest BCUT2D eigenvalue weighted by Gasteiger charge is -2.26. The van der Waals surface area contributed by atoms with Gasteiger partial charge in [0.1, 0.15) is 0 Å². The quantitative estimate of drug-likeness (QED) is 0.641. The molecule has 0 saturated heterocycles. The van der Waals surface area contributed by atoms with E-state index in [0.717, 1.165) is 24.7 Å². The maximum atomic E-state index is 11.0. The highest BCUT2D eigenvalue weighted by Crippen LogP contribution is 2.33. The van der Waals surface area contributed by atoms with Crippen molar-refractivity contribution in [3.8, 4) is 0 Å². The molecule has 1 nitrogen and oxygen atoms in total. The topological polar surface area (TPSA) is 17.1 Å². The van der Waals surface area contributed by atoms with Crippen LogP contribution in [0.1, 0.15) is 58.8 Å². The largest absolute Gasteiger partial charge is 0.281 e. The number of hydrogen-bond acceptors (Lipinski definition) is 1. The van der Waals surface area contributed by atoms with Crippen molar-refractivity contribution in [1.82, 2.24) is 0 Å². The Morgan fingerprint density at radius 2 is 1.87 bits per heavy atom. The van der Waals surface area contributed by atoms with Gasteiger partial charge in [0.2, 0.25) is 5.24 Å². The molecule has 1 rings (SSSR count). The van der Waals surface area contributed by atoms with Gasteiger partial charge in [-0.2, -0.15) is 0 Å². The van der Waals surface area contributed by atoms with Crippen LogP contribution in [0.5, 0.6) is 0 Å². The van der Waals surface area contributed by atoms with E-state index in [1.165, 1.54) is 32.1 Å². The summed E-state index contributed by atoms with van der Waals surface area (Å²) < 4.78 is 0. The lowest BCUT2D eigenvalue weighted by molar-refractivity contribution is -0.116. The lowest BCUT2D eigenvalue weighted by atomic mass is 9.80. The molecule has 0 spiro atoms. The second-order valence-electron chi connectivity index (χ2n) is 5.35. The molecule has 0 N–H and O–H groups in total. The Labute approximate surface area is 98.6 Å². The Kier molecular flexibility index (Phi) is 5.66. The van der Waals surface area contributed by atoms with E-state index in [4.69, 9.17) is 11.6 Å². The molecular formula is C13H23ClO. The zero-order valence-corrected chi connectivity index (χ0v) is 10.7. The van der Waals surface area contributed by atoms with Crippen molar-refractivity contribution in [2.75, 3.05) is 0 Å². The molecular weight excluding hydrogens is 208 g/mol. The SMILES string of the molecule is CC(C)CCC[C@H]1CC[C@H](C(=O)Cl)CC1. The van der Waals surface area contributed by atoms with Crippen molar-refractivity contribution in [2.24, 2.45) is 17.8 Å². The zero-order chi connectivity index (χ0) is 11.3. The van der Waals surface area contributed by atoms with Gasteiger partial charge in [-0.15, -0.1) is 0 Å². The van der Waals surface area contributed by atoms with Crippen LogP contribution in [0.4, 0.5) is 0 Å². The van der Waals surface area contributed by atoms with Crippen LogP contribution in [0.25, 0.3) is 0 Å². The predicted molar refractivity (Wildman–Crippen MR) is 65.0 cm³/mol. The minimum absolute atomic E-state index is 0.115. The highest BCUT2D eigenvalue weighted by Gasteiger charge is 2.24. The van der Waals surface area contributed by atoms with Crippen molar-refractivity contribution in [3.05, 3.63) is 0 Å². The summed E-state index contributed by atoms with van der Waals surface area (Å²) in [6.45, 7) is 4.56. The summed E-state index contributed by atoms with van der Waals surface area (Å²) in [5.74, 6) is 1.84. The third-order valence-electron chi connectivity index (χ3n) is 3.56. The fraction of sp³-hybridized carbons (Fsp3) is 0.923. The first-order valence-corrected chi connectivity index (χ1v) is 6.66. The lowest BCUT2D eigenvalue weighted by Crippen LogP contribution is -2.18. The first-order chi connectivity index (χ1) is 7.09. The summed E-state index contributed by atoms with van der Waals surface area (Å²) in [4.78, 5) is 11.0. The standard InChI is InChI=1S/C13H23ClO/c1-10(2)4-3-5-11-6-8-12(9-7-11)13(14)15/h10-12H,3-9H2,1-2H3/t11-,12-. The molecule has 1 aliphatic rings. The number of carbonyl (C=O) groups excluding carboxylic acids is 1. The van der Waals surface area contributed by atoms with Gasteiger partial charge in [-0.05, 0) is 49.1 Å². The number of rotatable bonds is 5. The molecule has 0 radical (unpaired) electrons. The second-order valence-corrected chi connectivity index (χ2v) is 5.72. The molecule has 15 heavy (non-hydrogen) atoms. The van der Waals surface area contributed by atoms with Gasteiger partial charge in [0.25, 0.3) is 0 Å². The molecule has 1 aliphatic carbocycles. The molecule has 1 fully saturated rings. The molecule has 0 atom stereocenters. The molecule has 0 amide bonds. The van der Waals surface area contributed by atoms with E-state index in [2.05, 4.69) is 13.8 Å². The molecule has 1 saturated carbocycles. The minimum atomic E-state index is -0.115. The van der Waals surface area contributed by atoms with Crippen LogP contribution in [-0.2, 0) is 4.79 Å². The Balaban J connectivity index is 2.12. The molecule has 0 heterocycles. The van der Waals surface area contributed by atoms with Gasteiger partial charge >= 0.3 is 0 Å². The van der Waals surface area contributed by atoms with Gasteiger partial charge in [-0.1, -0.05) is 33.1 Å². The molecule has 0 bridgehead atoms. The van der Waals surface area contributed by atoms with Crippen LogP contribution in [0.2, 0.25) is 0 Å². The monoisotopic (exact) mass is 230 g/mol. The fourth-order valence-corrected chi connectivity index (χ4v) is 2.71. The first kappa shape index (κ1) is 13.0. The van der Waals surface area contributed by atoms with E-state index < -0.39 is 0 Å². The summed E-state index contributed by atoms with van der Waals surface area (Å²) >= 11 is 5.51. The van der Waals surface area contributed by atoms with Gasteiger partial charge in [0.05, 0.1) is 0 Å². The van der Waals surface area contributed by atoms with E-state index in [1.54, 1.807) is 0 Å². The normalized spacial score (nSPS) is 26.9. The van der Waals surface area contributed by atoms with E-state index in [1.807, 2.05) is 0 Å². The summed E-state index contributed by atoms with van der Waals surface area (Å²) in [5, 5.41) is -0.115. The molecule has 0 aromatic carbocycles. The van der Waals surface area contributed by atoms with Gasteiger partial charge < -0.3 is 0 Å². The van der Waals surface area contributed by atoms with Crippen molar-refractivity contribution >= 4 is 16.8 Å². The third kappa shape index (κ3) is 5.01. The maximum absolute atomic E-state index is 11.0. The Hall–Kier alpha value is -0.0400. The third-order valence-corrected chi connectivity index (χ3v) is 3.87. The van der Waals surface area contributed by atoms with Crippen LogP contribution < -0.4 is 0 Å². The van der Waals surface area contributed by atoms with Crippen LogP contribution in [0.15, 0.2) is 0 Å². The van der Waals surface area contributed by atoms with Gasteiger partial charge in [0.15, 0.2) is 0 Å². The van der Waals surface area contributed by atoms with Gasteiger partial charge in [-0.25, -0.2) is 0 Å². The van der Waals surface area contributed by atoms with E-state index in [0.29, 0.717) is 0 Å². The van der Waals surface area contributed by atoms with Crippen LogP contribution in [0, 0.1) is 17.8 Å². The smallest absolute Gasteiger partial charge is 0.224 e. The van der Waals surface area contributed by atoms with E-state index >= 15 is 0 Å². The molecule has 0 aliphatic heterocycles. The predicted octanol–water partition coefficient (Wildman–Crippen LogP) is 4.38.